The maximum Gasteiger partial charge on any atom is 0.291 e. The molecule has 3 aromatic carbocycles. The van der Waals surface area contributed by atoms with E-state index in [0.717, 1.165) is 15.9 Å². The number of H-pyrrole nitrogens is 1. The second-order valence-electron chi connectivity index (χ2n) is 9.34. The van der Waals surface area contributed by atoms with Crippen LogP contribution in [0.3, 0.4) is 0 Å². The van der Waals surface area contributed by atoms with Gasteiger partial charge in [0, 0.05) is 37.1 Å². The van der Waals surface area contributed by atoms with Crippen molar-refractivity contribution in [2.24, 2.45) is 10.1 Å². The van der Waals surface area contributed by atoms with Crippen LogP contribution in [0.4, 0.5) is 11.5 Å². The smallest absolute Gasteiger partial charge is 0.291 e. The summed E-state index contributed by atoms with van der Waals surface area (Å²) in [6, 6.07) is 25.2. The number of aliphatic imine (C=N–C) groups is 1. The summed E-state index contributed by atoms with van der Waals surface area (Å²) >= 11 is 0. The summed E-state index contributed by atoms with van der Waals surface area (Å²) in [5.41, 5.74) is 2.45. The first kappa shape index (κ1) is 26.6. The number of pyridine rings is 1. The molecule has 0 fully saturated rings. The van der Waals surface area contributed by atoms with Gasteiger partial charge in [0.1, 0.15) is 34.7 Å². The topological polar surface area (TPSA) is 146 Å². The largest absolute Gasteiger partial charge is 0.507 e. The molecular formula is C31H24N8O2. The molecular weight excluding hydrogens is 516 g/mol. The normalized spacial score (nSPS) is 11.5. The monoisotopic (exact) mass is 540 g/mol. The Morgan fingerprint density at radius 3 is 2.34 bits per heavy atom. The lowest BCUT2D eigenvalue weighted by Gasteiger charge is -2.14. The minimum Gasteiger partial charge on any atom is -0.507 e. The van der Waals surface area contributed by atoms with Crippen molar-refractivity contribution in [1.82, 2.24) is 14.6 Å². The molecule has 5 aromatic rings. The van der Waals surface area contributed by atoms with Crippen LogP contribution in [-0.2, 0) is 0 Å². The quantitative estimate of drug-likeness (QED) is 0.292. The predicted octanol–water partition coefficient (Wildman–Crippen LogP) is 4.93. The van der Waals surface area contributed by atoms with Gasteiger partial charge in [-0.05, 0) is 42.8 Å². The van der Waals surface area contributed by atoms with Gasteiger partial charge in [-0.15, -0.1) is 0 Å². The number of anilines is 1. The number of phenols is 1. The van der Waals surface area contributed by atoms with Crippen LogP contribution in [0, 0.1) is 22.7 Å². The average molecular weight is 541 g/mol. The number of aromatic hydroxyl groups is 1. The molecule has 0 atom stereocenters. The zero-order valence-electron chi connectivity index (χ0n) is 22.5. The summed E-state index contributed by atoms with van der Waals surface area (Å²) in [6.07, 6.45) is 1.51. The maximum atomic E-state index is 13.8. The molecule has 0 saturated carbocycles. The number of imidazole rings is 1. The fourth-order valence-corrected chi connectivity index (χ4v) is 4.34. The zero-order valence-corrected chi connectivity index (χ0v) is 22.5. The third-order valence-corrected chi connectivity index (χ3v) is 6.45. The van der Waals surface area contributed by atoms with E-state index in [9.17, 15) is 20.4 Å². The number of benzene rings is 3. The van der Waals surface area contributed by atoms with Crippen LogP contribution in [0.1, 0.15) is 29.4 Å². The van der Waals surface area contributed by atoms with E-state index in [1.54, 1.807) is 19.1 Å². The highest BCUT2D eigenvalue weighted by Gasteiger charge is 2.25. The maximum absolute atomic E-state index is 13.8. The molecule has 0 bridgehead atoms. The Morgan fingerprint density at radius 2 is 1.68 bits per heavy atom. The van der Waals surface area contributed by atoms with Gasteiger partial charge in [0.25, 0.3) is 5.56 Å². The molecule has 0 aliphatic carbocycles. The van der Waals surface area contributed by atoms with Crippen LogP contribution in [0.15, 0.2) is 87.7 Å². The highest BCUT2D eigenvalue weighted by molar-refractivity contribution is 5.98. The molecule has 5 rings (SSSR count). The number of fused-ring (bicyclic) bond motifs is 1. The van der Waals surface area contributed by atoms with Crippen molar-refractivity contribution < 1.29 is 5.11 Å². The first-order valence-corrected chi connectivity index (χ1v) is 12.6. The molecule has 10 heteroatoms. The lowest BCUT2D eigenvalue weighted by molar-refractivity contribution is 0.477. The predicted molar refractivity (Wildman–Crippen MR) is 159 cm³/mol. The molecule has 0 spiro atoms. The summed E-state index contributed by atoms with van der Waals surface area (Å²) < 4.78 is 0.938. The SMILES string of the molecule is C/C(=N\n1c(N=Cc2ccc(N(C)C)cc2)c(C#N)c(-c2ccccc2O)c(C#N)c1=O)c1nc2ccccc2[nH]1. The van der Waals surface area contributed by atoms with Gasteiger partial charge in [-0.3, -0.25) is 4.79 Å². The molecule has 2 heterocycles. The van der Waals surface area contributed by atoms with Gasteiger partial charge in [-0.1, -0.05) is 42.5 Å². The van der Waals surface area contributed by atoms with Gasteiger partial charge in [-0.25, -0.2) is 9.98 Å². The van der Waals surface area contributed by atoms with Crippen molar-refractivity contribution in [2.75, 3.05) is 19.0 Å². The van der Waals surface area contributed by atoms with Crippen molar-refractivity contribution in [3.8, 4) is 29.0 Å². The van der Waals surface area contributed by atoms with Crippen molar-refractivity contribution in [1.29, 1.82) is 10.5 Å². The zero-order chi connectivity index (χ0) is 29.1. The molecule has 0 saturated heterocycles. The van der Waals surface area contributed by atoms with Crippen LogP contribution in [-0.4, -0.2) is 45.8 Å². The third kappa shape index (κ3) is 5.05. The van der Waals surface area contributed by atoms with E-state index in [0.29, 0.717) is 22.6 Å². The molecule has 200 valence electrons. The first-order chi connectivity index (χ1) is 19.8. The summed E-state index contributed by atoms with van der Waals surface area (Å²) in [5, 5.41) is 35.5. The lowest BCUT2D eigenvalue weighted by Crippen LogP contribution is -2.23. The Morgan fingerprint density at radius 1 is 1.00 bits per heavy atom. The molecule has 0 aliphatic rings. The molecule has 41 heavy (non-hydrogen) atoms. The van der Waals surface area contributed by atoms with Crippen molar-refractivity contribution >= 4 is 34.5 Å². The van der Waals surface area contributed by atoms with E-state index in [4.69, 9.17) is 0 Å². The standard InChI is InChI=1S/C31H24N8O2/c1-19(29-35-25-9-5-6-10-26(25)36-29)37-39-30(34-18-20-12-14-21(15-13-20)38(2)3)23(16-32)28(24(17-33)31(39)41)22-8-4-7-11-27(22)40/h4-15,18,40H,1-3H3,(H,35,36)/b34-18?,37-19+. The minimum atomic E-state index is -0.796. The number of phenolic OH excluding ortho intramolecular Hbond substituents is 1. The van der Waals surface area contributed by atoms with E-state index < -0.39 is 5.56 Å². The number of nitrogens with one attached hydrogen (secondary N) is 1. The van der Waals surface area contributed by atoms with E-state index >= 15 is 0 Å². The first-order valence-electron chi connectivity index (χ1n) is 12.6. The van der Waals surface area contributed by atoms with Gasteiger partial charge in [-0.2, -0.15) is 20.3 Å². The molecule has 0 unspecified atom stereocenters. The summed E-state index contributed by atoms with van der Waals surface area (Å²) in [5.74, 6) is 0.129. The number of para-hydroxylation sites is 3. The van der Waals surface area contributed by atoms with Gasteiger partial charge in [0.2, 0.25) is 0 Å². The lowest BCUT2D eigenvalue weighted by atomic mass is 9.96. The van der Waals surface area contributed by atoms with E-state index in [1.807, 2.05) is 73.6 Å². The van der Waals surface area contributed by atoms with Gasteiger partial charge >= 0.3 is 0 Å². The Kier molecular flexibility index (Phi) is 7.14. The number of nitriles is 2. The Hall–Kier alpha value is -6.00. The molecule has 0 aliphatic heterocycles. The second-order valence-corrected chi connectivity index (χ2v) is 9.34. The van der Waals surface area contributed by atoms with Crippen LogP contribution in [0.2, 0.25) is 0 Å². The number of nitrogens with zero attached hydrogens (tertiary/aromatic N) is 7. The van der Waals surface area contributed by atoms with E-state index in [-0.39, 0.29) is 33.8 Å². The van der Waals surface area contributed by atoms with E-state index in [2.05, 4.69) is 26.1 Å². The average Bonchev–Trinajstić information content (AvgIpc) is 3.42. The van der Waals surface area contributed by atoms with Crippen LogP contribution in [0.5, 0.6) is 5.75 Å². The fourth-order valence-electron chi connectivity index (χ4n) is 4.34. The number of aromatic amines is 1. The van der Waals surface area contributed by atoms with Gasteiger partial charge < -0.3 is 15.0 Å². The number of hydrogen-bond donors (Lipinski definition) is 2. The Balaban J connectivity index is 1.77. The second kappa shape index (κ2) is 11.0. The molecule has 10 nitrogen and oxygen atoms in total. The molecule has 2 aromatic heterocycles. The van der Waals surface area contributed by atoms with Crippen LogP contribution >= 0.6 is 0 Å². The number of rotatable bonds is 6. The molecule has 2 N–H and O–H groups in total. The highest BCUT2D eigenvalue weighted by Crippen LogP contribution is 2.36. The molecule has 0 radical (unpaired) electrons. The fraction of sp³-hybridized carbons (Fsp3) is 0.0968. The minimum absolute atomic E-state index is 0.0129. The van der Waals surface area contributed by atoms with E-state index in [1.165, 1.54) is 18.3 Å². The Labute approximate surface area is 235 Å². The number of hydrogen-bond acceptors (Lipinski definition) is 8. The van der Waals surface area contributed by atoms with Gasteiger partial charge in [0.05, 0.1) is 11.0 Å². The van der Waals surface area contributed by atoms with Crippen LogP contribution < -0.4 is 10.5 Å². The molecule has 0 amide bonds. The number of aromatic nitrogens is 3. The highest BCUT2D eigenvalue weighted by atomic mass is 16.3. The van der Waals surface area contributed by atoms with Crippen molar-refractivity contribution in [3.63, 3.8) is 0 Å². The van der Waals surface area contributed by atoms with Crippen molar-refractivity contribution in [3.05, 3.63) is 106 Å². The summed E-state index contributed by atoms with van der Waals surface area (Å²) in [7, 11) is 3.86. The van der Waals surface area contributed by atoms with Gasteiger partial charge in [0.15, 0.2) is 11.6 Å². The summed E-state index contributed by atoms with van der Waals surface area (Å²) in [4.78, 5) is 28.0. The van der Waals surface area contributed by atoms with Crippen LogP contribution in [0.25, 0.3) is 22.2 Å². The van der Waals surface area contributed by atoms with Crippen molar-refractivity contribution in [2.45, 2.75) is 6.92 Å². The Bertz CT molecular complexity index is 1950. The summed E-state index contributed by atoms with van der Waals surface area (Å²) in [6.45, 7) is 1.66. The third-order valence-electron chi connectivity index (χ3n) is 6.45.